The SMILES string of the molecule is CNCC[C@H](Oc1cccc2ncccc12)c1ccccc1. The molecule has 0 radical (unpaired) electrons. The number of hydrogen-bond acceptors (Lipinski definition) is 3. The predicted molar refractivity (Wildman–Crippen MR) is 90.1 cm³/mol. The molecule has 3 nitrogen and oxygen atoms in total. The maximum Gasteiger partial charge on any atom is 0.129 e. The topological polar surface area (TPSA) is 34.1 Å². The van der Waals surface area contributed by atoms with Crippen LogP contribution >= 0.6 is 0 Å². The van der Waals surface area contributed by atoms with E-state index < -0.39 is 0 Å². The quantitative estimate of drug-likeness (QED) is 0.746. The zero-order chi connectivity index (χ0) is 15.2. The van der Waals surface area contributed by atoms with Crippen LogP contribution in [0.3, 0.4) is 0 Å². The van der Waals surface area contributed by atoms with Crippen LogP contribution in [0.5, 0.6) is 5.75 Å². The van der Waals surface area contributed by atoms with Crippen LogP contribution in [0.15, 0.2) is 66.9 Å². The standard InChI is InChI=1S/C19H20N2O/c1-20-14-12-18(15-7-3-2-4-8-15)22-19-11-5-10-17-16(19)9-6-13-21-17/h2-11,13,18,20H,12,14H2,1H3/t18-/m0/s1. The molecule has 1 heterocycles. The van der Waals surface area contributed by atoms with Crippen LogP contribution in [-0.2, 0) is 0 Å². The van der Waals surface area contributed by atoms with Crippen molar-refractivity contribution >= 4 is 10.9 Å². The maximum atomic E-state index is 6.34. The number of benzene rings is 2. The number of aromatic nitrogens is 1. The summed E-state index contributed by atoms with van der Waals surface area (Å²) in [6, 6.07) is 20.4. The Morgan fingerprint density at radius 1 is 1.00 bits per heavy atom. The van der Waals surface area contributed by atoms with Gasteiger partial charge < -0.3 is 10.1 Å². The summed E-state index contributed by atoms with van der Waals surface area (Å²) in [6.45, 7) is 0.905. The molecule has 0 amide bonds. The number of nitrogens with one attached hydrogen (secondary N) is 1. The van der Waals surface area contributed by atoms with Crippen molar-refractivity contribution in [1.82, 2.24) is 10.3 Å². The molecule has 2 aromatic carbocycles. The lowest BCUT2D eigenvalue weighted by Crippen LogP contribution is -2.16. The van der Waals surface area contributed by atoms with Gasteiger partial charge in [-0.3, -0.25) is 4.98 Å². The highest BCUT2D eigenvalue weighted by Crippen LogP contribution is 2.30. The average molecular weight is 292 g/mol. The minimum atomic E-state index is 0.0273. The first-order valence-electron chi connectivity index (χ1n) is 7.58. The molecule has 0 spiro atoms. The molecular formula is C19H20N2O. The summed E-state index contributed by atoms with van der Waals surface area (Å²) in [5, 5.41) is 4.25. The first-order valence-corrected chi connectivity index (χ1v) is 7.58. The number of rotatable bonds is 6. The van der Waals surface area contributed by atoms with Crippen LogP contribution in [0.25, 0.3) is 10.9 Å². The summed E-state index contributed by atoms with van der Waals surface area (Å²) >= 11 is 0. The second-order valence-electron chi connectivity index (χ2n) is 5.24. The van der Waals surface area contributed by atoms with Gasteiger partial charge in [-0.25, -0.2) is 0 Å². The van der Waals surface area contributed by atoms with Gasteiger partial charge in [-0.2, -0.15) is 0 Å². The van der Waals surface area contributed by atoms with Crippen molar-refractivity contribution in [2.24, 2.45) is 0 Å². The Bertz CT molecular complexity index is 722. The van der Waals surface area contributed by atoms with Gasteiger partial charge >= 0.3 is 0 Å². The Kier molecular flexibility index (Phi) is 4.66. The minimum absolute atomic E-state index is 0.0273. The zero-order valence-electron chi connectivity index (χ0n) is 12.7. The lowest BCUT2D eigenvalue weighted by atomic mass is 10.1. The van der Waals surface area contributed by atoms with Gasteiger partial charge in [0.2, 0.25) is 0 Å². The molecule has 3 rings (SSSR count). The van der Waals surface area contributed by atoms with Crippen molar-refractivity contribution in [1.29, 1.82) is 0 Å². The summed E-state index contributed by atoms with van der Waals surface area (Å²) < 4.78 is 6.34. The normalized spacial score (nSPS) is 12.2. The molecule has 0 aliphatic rings. The molecule has 0 aliphatic heterocycles. The zero-order valence-corrected chi connectivity index (χ0v) is 12.7. The van der Waals surface area contributed by atoms with Crippen molar-refractivity contribution in [3.63, 3.8) is 0 Å². The molecule has 3 heteroatoms. The highest BCUT2D eigenvalue weighted by atomic mass is 16.5. The summed E-state index contributed by atoms with van der Waals surface area (Å²) in [6.07, 6.45) is 2.75. The Hall–Kier alpha value is -2.39. The van der Waals surface area contributed by atoms with Crippen LogP contribution < -0.4 is 10.1 Å². The fraction of sp³-hybridized carbons (Fsp3) is 0.211. The third-order valence-electron chi connectivity index (χ3n) is 3.70. The first-order chi connectivity index (χ1) is 10.9. The summed E-state index contributed by atoms with van der Waals surface area (Å²) in [4.78, 5) is 4.39. The van der Waals surface area contributed by atoms with Crippen molar-refractivity contribution in [2.45, 2.75) is 12.5 Å². The van der Waals surface area contributed by atoms with E-state index >= 15 is 0 Å². The molecule has 0 bridgehead atoms. The van der Waals surface area contributed by atoms with E-state index in [2.05, 4.69) is 40.6 Å². The lowest BCUT2D eigenvalue weighted by Gasteiger charge is -2.20. The van der Waals surface area contributed by atoms with Gasteiger partial charge in [-0.05, 0) is 43.4 Å². The maximum absolute atomic E-state index is 6.34. The van der Waals surface area contributed by atoms with Crippen molar-refractivity contribution in [3.8, 4) is 5.75 Å². The van der Waals surface area contributed by atoms with E-state index in [1.165, 1.54) is 5.56 Å². The van der Waals surface area contributed by atoms with Gasteiger partial charge in [0.05, 0.1) is 5.52 Å². The van der Waals surface area contributed by atoms with Crippen molar-refractivity contribution in [2.75, 3.05) is 13.6 Å². The predicted octanol–water partition coefficient (Wildman–Crippen LogP) is 3.96. The van der Waals surface area contributed by atoms with Gasteiger partial charge in [0, 0.05) is 18.0 Å². The highest BCUT2D eigenvalue weighted by Gasteiger charge is 2.14. The van der Waals surface area contributed by atoms with Gasteiger partial charge in [-0.1, -0.05) is 36.4 Å². The van der Waals surface area contributed by atoms with Gasteiger partial charge in [0.25, 0.3) is 0 Å². The monoisotopic (exact) mass is 292 g/mol. The largest absolute Gasteiger partial charge is 0.485 e. The molecule has 0 fully saturated rings. The molecule has 112 valence electrons. The summed E-state index contributed by atoms with van der Waals surface area (Å²) in [7, 11) is 1.96. The van der Waals surface area contributed by atoms with Crippen LogP contribution in [-0.4, -0.2) is 18.6 Å². The van der Waals surface area contributed by atoms with E-state index in [1.807, 2.05) is 43.6 Å². The third kappa shape index (κ3) is 3.26. The average Bonchev–Trinajstić information content (AvgIpc) is 2.59. The summed E-state index contributed by atoms with van der Waals surface area (Å²) in [5.41, 5.74) is 2.15. The molecular weight excluding hydrogens is 272 g/mol. The van der Waals surface area contributed by atoms with E-state index in [-0.39, 0.29) is 6.10 Å². The number of nitrogens with zero attached hydrogens (tertiary/aromatic N) is 1. The Labute approximate surface area is 131 Å². The molecule has 3 aromatic rings. The number of pyridine rings is 1. The van der Waals surface area contributed by atoms with Gasteiger partial charge in [-0.15, -0.1) is 0 Å². The van der Waals surface area contributed by atoms with Crippen LogP contribution in [0.1, 0.15) is 18.1 Å². The molecule has 0 aliphatic carbocycles. The first kappa shape index (κ1) is 14.5. The summed E-state index contributed by atoms with van der Waals surface area (Å²) in [5.74, 6) is 0.885. The Morgan fingerprint density at radius 3 is 2.68 bits per heavy atom. The Balaban J connectivity index is 1.92. The second kappa shape index (κ2) is 7.05. The molecule has 1 N–H and O–H groups in total. The molecule has 0 saturated heterocycles. The second-order valence-corrected chi connectivity index (χ2v) is 5.24. The van der Waals surface area contributed by atoms with Gasteiger partial charge in [0.1, 0.15) is 11.9 Å². The number of ether oxygens (including phenoxy) is 1. The van der Waals surface area contributed by atoms with E-state index in [9.17, 15) is 0 Å². The van der Waals surface area contributed by atoms with Crippen molar-refractivity contribution in [3.05, 3.63) is 72.4 Å². The molecule has 0 unspecified atom stereocenters. The minimum Gasteiger partial charge on any atom is -0.485 e. The molecule has 22 heavy (non-hydrogen) atoms. The fourth-order valence-electron chi connectivity index (χ4n) is 2.57. The van der Waals surface area contributed by atoms with E-state index in [4.69, 9.17) is 4.74 Å². The van der Waals surface area contributed by atoms with Crippen LogP contribution in [0.4, 0.5) is 0 Å². The lowest BCUT2D eigenvalue weighted by molar-refractivity contribution is 0.197. The van der Waals surface area contributed by atoms with E-state index in [0.717, 1.165) is 29.6 Å². The van der Waals surface area contributed by atoms with E-state index in [0.29, 0.717) is 0 Å². The number of fused-ring (bicyclic) bond motifs is 1. The Morgan fingerprint density at radius 2 is 1.86 bits per heavy atom. The third-order valence-corrected chi connectivity index (χ3v) is 3.70. The molecule has 1 aromatic heterocycles. The van der Waals surface area contributed by atoms with Crippen LogP contribution in [0, 0.1) is 0 Å². The van der Waals surface area contributed by atoms with Gasteiger partial charge in [0.15, 0.2) is 0 Å². The van der Waals surface area contributed by atoms with Crippen LogP contribution in [0.2, 0.25) is 0 Å². The van der Waals surface area contributed by atoms with E-state index in [1.54, 1.807) is 0 Å². The smallest absolute Gasteiger partial charge is 0.129 e. The fourth-order valence-corrected chi connectivity index (χ4v) is 2.57. The molecule has 1 atom stereocenters. The highest BCUT2D eigenvalue weighted by molar-refractivity contribution is 5.84. The van der Waals surface area contributed by atoms with Crippen molar-refractivity contribution < 1.29 is 4.74 Å². The molecule has 0 saturated carbocycles. The number of hydrogen-bond donors (Lipinski definition) is 1.